The highest BCUT2D eigenvalue weighted by molar-refractivity contribution is 5.91. The van der Waals surface area contributed by atoms with Crippen molar-refractivity contribution in [3.05, 3.63) is 11.9 Å². The van der Waals surface area contributed by atoms with Crippen LogP contribution in [0.1, 0.15) is 43.1 Å². The minimum atomic E-state index is -0.177. The molecule has 96 valence electrons. The maximum Gasteiger partial charge on any atom is 0.276 e. The van der Waals surface area contributed by atoms with E-state index in [-0.39, 0.29) is 12.5 Å². The van der Waals surface area contributed by atoms with Crippen molar-refractivity contribution in [3.8, 4) is 0 Å². The highest BCUT2D eigenvalue weighted by Gasteiger charge is 2.16. The first-order valence-electron chi connectivity index (χ1n) is 6.05. The number of rotatable bonds is 8. The second kappa shape index (κ2) is 7.78. The van der Waals surface area contributed by atoms with Crippen molar-refractivity contribution in [2.75, 3.05) is 19.7 Å². The van der Waals surface area contributed by atoms with Crippen LogP contribution >= 0.6 is 0 Å². The Labute approximate surface area is 101 Å². The monoisotopic (exact) mass is 240 g/mol. The molecule has 0 aliphatic rings. The lowest BCUT2D eigenvalue weighted by Crippen LogP contribution is -2.34. The Balaban J connectivity index is 2.44. The summed E-state index contributed by atoms with van der Waals surface area (Å²) in [4.78, 5) is 13.6. The largest absolute Gasteiger partial charge is 0.395 e. The quantitative estimate of drug-likeness (QED) is 0.659. The summed E-state index contributed by atoms with van der Waals surface area (Å²) >= 11 is 0. The second-order valence-electron chi connectivity index (χ2n) is 3.93. The number of hydrogen-bond donors (Lipinski definition) is 2. The van der Waals surface area contributed by atoms with Crippen LogP contribution in [0.3, 0.4) is 0 Å². The third-order valence-electron chi connectivity index (χ3n) is 2.57. The van der Waals surface area contributed by atoms with Gasteiger partial charge in [-0.15, -0.1) is 0 Å². The Kier molecular flexibility index (Phi) is 6.24. The van der Waals surface area contributed by atoms with Gasteiger partial charge in [0.15, 0.2) is 5.69 Å². The third kappa shape index (κ3) is 4.52. The van der Waals surface area contributed by atoms with Crippen molar-refractivity contribution < 1.29 is 9.90 Å². The SMILES string of the molecule is CCCCCCN(CCO)C(=O)c1cn[nH]n1. The molecular formula is C11H20N4O2. The summed E-state index contributed by atoms with van der Waals surface area (Å²) in [6, 6.07) is 0. The Morgan fingerprint density at radius 1 is 1.41 bits per heavy atom. The molecule has 0 saturated carbocycles. The first-order valence-corrected chi connectivity index (χ1v) is 6.05. The van der Waals surface area contributed by atoms with Crippen molar-refractivity contribution in [3.63, 3.8) is 0 Å². The van der Waals surface area contributed by atoms with Crippen molar-refractivity contribution in [1.82, 2.24) is 20.3 Å². The molecule has 6 nitrogen and oxygen atoms in total. The summed E-state index contributed by atoms with van der Waals surface area (Å²) < 4.78 is 0. The maximum atomic E-state index is 12.0. The number of aromatic nitrogens is 3. The number of aliphatic hydroxyl groups is 1. The molecule has 1 rings (SSSR count). The topological polar surface area (TPSA) is 82.1 Å². The molecule has 0 atom stereocenters. The van der Waals surface area contributed by atoms with Crippen molar-refractivity contribution >= 4 is 5.91 Å². The van der Waals surface area contributed by atoms with Gasteiger partial charge in [0.1, 0.15) is 0 Å². The van der Waals surface area contributed by atoms with E-state index in [0.717, 1.165) is 19.3 Å². The number of amides is 1. The molecule has 0 fully saturated rings. The van der Waals surface area contributed by atoms with E-state index >= 15 is 0 Å². The molecule has 1 aromatic heterocycles. The lowest BCUT2D eigenvalue weighted by atomic mass is 10.2. The summed E-state index contributed by atoms with van der Waals surface area (Å²) in [5, 5.41) is 18.7. The Hall–Kier alpha value is -1.43. The van der Waals surface area contributed by atoms with Gasteiger partial charge >= 0.3 is 0 Å². The molecule has 17 heavy (non-hydrogen) atoms. The molecule has 6 heteroatoms. The number of nitrogens with zero attached hydrogens (tertiary/aromatic N) is 3. The predicted molar refractivity (Wildman–Crippen MR) is 63.5 cm³/mol. The zero-order valence-corrected chi connectivity index (χ0v) is 10.2. The third-order valence-corrected chi connectivity index (χ3v) is 2.57. The number of H-pyrrole nitrogens is 1. The molecule has 0 bridgehead atoms. The van der Waals surface area contributed by atoms with Crippen LogP contribution in [-0.4, -0.2) is 51.0 Å². The molecule has 0 radical (unpaired) electrons. The number of aromatic amines is 1. The first-order chi connectivity index (χ1) is 8.29. The van der Waals surface area contributed by atoms with Crippen molar-refractivity contribution in [1.29, 1.82) is 0 Å². The van der Waals surface area contributed by atoms with Gasteiger partial charge in [-0.25, -0.2) is 0 Å². The van der Waals surface area contributed by atoms with Gasteiger partial charge in [0.25, 0.3) is 5.91 Å². The average molecular weight is 240 g/mol. The van der Waals surface area contributed by atoms with Crippen LogP contribution in [0, 0.1) is 0 Å². The zero-order chi connectivity index (χ0) is 12.5. The van der Waals surface area contributed by atoms with Crippen LogP contribution < -0.4 is 0 Å². The maximum absolute atomic E-state index is 12.0. The van der Waals surface area contributed by atoms with E-state index in [2.05, 4.69) is 22.3 Å². The Bertz CT molecular complexity index is 313. The summed E-state index contributed by atoms with van der Waals surface area (Å²) in [6.45, 7) is 3.12. The molecule has 0 aliphatic heterocycles. The highest BCUT2D eigenvalue weighted by Crippen LogP contribution is 2.04. The molecule has 0 spiro atoms. The number of aliphatic hydroxyl groups excluding tert-OH is 1. The predicted octanol–water partition coefficient (Wildman–Crippen LogP) is 0.819. The first kappa shape index (κ1) is 13.6. The molecule has 1 heterocycles. The minimum absolute atomic E-state index is 0.0304. The van der Waals surface area contributed by atoms with Gasteiger partial charge in [0.2, 0.25) is 0 Å². The van der Waals surface area contributed by atoms with Gasteiger partial charge < -0.3 is 10.0 Å². The van der Waals surface area contributed by atoms with Crippen LogP contribution in [0.25, 0.3) is 0 Å². The van der Waals surface area contributed by atoms with E-state index in [1.807, 2.05) is 0 Å². The summed E-state index contributed by atoms with van der Waals surface area (Å²) in [6.07, 6.45) is 5.79. The highest BCUT2D eigenvalue weighted by atomic mass is 16.3. The molecule has 2 N–H and O–H groups in total. The smallest absolute Gasteiger partial charge is 0.276 e. The van der Waals surface area contributed by atoms with Gasteiger partial charge in [-0.3, -0.25) is 4.79 Å². The fraction of sp³-hybridized carbons (Fsp3) is 0.727. The molecule has 0 aromatic carbocycles. The number of carbonyl (C=O) groups excluding carboxylic acids is 1. The summed E-state index contributed by atoms with van der Waals surface area (Å²) in [5.41, 5.74) is 0.300. The second-order valence-corrected chi connectivity index (χ2v) is 3.93. The number of unbranched alkanes of at least 4 members (excludes halogenated alkanes) is 3. The number of nitrogens with one attached hydrogen (secondary N) is 1. The number of carbonyl (C=O) groups is 1. The summed E-state index contributed by atoms with van der Waals surface area (Å²) in [7, 11) is 0. The van der Waals surface area contributed by atoms with E-state index in [1.54, 1.807) is 4.90 Å². The van der Waals surface area contributed by atoms with Crippen LogP contribution in [0.15, 0.2) is 6.20 Å². The average Bonchev–Trinajstić information content (AvgIpc) is 2.86. The summed E-state index contributed by atoms with van der Waals surface area (Å²) in [5.74, 6) is -0.177. The van der Waals surface area contributed by atoms with Crippen LogP contribution in [0.5, 0.6) is 0 Å². The van der Waals surface area contributed by atoms with Gasteiger partial charge in [-0.05, 0) is 6.42 Å². The Morgan fingerprint density at radius 3 is 2.82 bits per heavy atom. The van der Waals surface area contributed by atoms with E-state index in [0.29, 0.717) is 18.8 Å². The fourth-order valence-electron chi connectivity index (χ4n) is 1.63. The van der Waals surface area contributed by atoms with Gasteiger partial charge in [-0.2, -0.15) is 15.4 Å². The lowest BCUT2D eigenvalue weighted by molar-refractivity contribution is 0.0712. The van der Waals surface area contributed by atoms with Crippen molar-refractivity contribution in [2.45, 2.75) is 32.6 Å². The van der Waals surface area contributed by atoms with Crippen LogP contribution in [-0.2, 0) is 0 Å². The fourth-order valence-corrected chi connectivity index (χ4v) is 1.63. The van der Waals surface area contributed by atoms with Crippen LogP contribution in [0.2, 0.25) is 0 Å². The van der Waals surface area contributed by atoms with Crippen molar-refractivity contribution in [2.24, 2.45) is 0 Å². The van der Waals surface area contributed by atoms with E-state index < -0.39 is 0 Å². The zero-order valence-electron chi connectivity index (χ0n) is 10.2. The molecule has 1 aromatic rings. The minimum Gasteiger partial charge on any atom is -0.395 e. The van der Waals surface area contributed by atoms with Gasteiger partial charge in [-0.1, -0.05) is 26.2 Å². The lowest BCUT2D eigenvalue weighted by Gasteiger charge is -2.20. The van der Waals surface area contributed by atoms with E-state index in [9.17, 15) is 4.79 Å². The van der Waals surface area contributed by atoms with E-state index in [4.69, 9.17) is 5.11 Å². The standard InChI is InChI=1S/C11H20N4O2/c1-2-3-4-5-6-15(7-8-16)11(17)10-9-12-14-13-10/h9,16H,2-8H2,1H3,(H,12,13,14). The normalized spacial score (nSPS) is 10.5. The molecule has 0 aliphatic carbocycles. The molecule has 0 unspecified atom stereocenters. The van der Waals surface area contributed by atoms with E-state index in [1.165, 1.54) is 12.6 Å². The van der Waals surface area contributed by atoms with Gasteiger partial charge in [0.05, 0.1) is 12.8 Å². The molecular weight excluding hydrogens is 220 g/mol. The van der Waals surface area contributed by atoms with Crippen LogP contribution in [0.4, 0.5) is 0 Å². The van der Waals surface area contributed by atoms with Gasteiger partial charge in [0, 0.05) is 13.1 Å². The Morgan fingerprint density at radius 2 is 2.24 bits per heavy atom. The molecule has 0 saturated heterocycles. The number of hydrogen-bond acceptors (Lipinski definition) is 4. The molecule has 1 amide bonds.